The van der Waals surface area contributed by atoms with Crippen molar-refractivity contribution in [1.29, 1.82) is 0 Å². The molecule has 0 radical (unpaired) electrons. The number of alkyl carbamates (subject to hydrolysis) is 1. The summed E-state index contributed by atoms with van der Waals surface area (Å²) in [4.78, 5) is 17.4. The quantitative estimate of drug-likeness (QED) is 0.229. The maximum atomic E-state index is 14.4. The molecule has 1 N–H and O–H groups in total. The van der Waals surface area contributed by atoms with Gasteiger partial charge in [0.15, 0.2) is 0 Å². The molecule has 1 unspecified atom stereocenters. The van der Waals surface area contributed by atoms with Gasteiger partial charge in [-0.2, -0.15) is 0 Å². The third kappa shape index (κ3) is 7.26. The van der Waals surface area contributed by atoms with E-state index < -0.39 is 11.7 Å². The highest BCUT2D eigenvalue weighted by molar-refractivity contribution is 7.99. The summed E-state index contributed by atoms with van der Waals surface area (Å²) in [6.07, 6.45) is 0.208. The van der Waals surface area contributed by atoms with Crippen LogP contribution >= 0.6 is 23.1 Å². The summed E-state index contributed by atoms with van der Waals surface area (Å²) in [5, 5.41) is 7.35. The van der Waals surface area contributed by atoms with Crippen LogP contribution in [0.15, 0.2) is 66.0 Å². The molecule has 200 valence electrons. The zero-order valence-corrected chi connectivity index (χ0v) is 24.0. The van der Waals surface area contributed by atoms with E-state index in [1.165, 1.54) is 6.07 Å². The fourth-order valence-corrected chi connectivity index (χ4v) is 6.23. The molecule has 0 bridgehead atoms. The minimum Gasteiger partial charge on any atom is -0.497 e. The molecule has 0 saturated heterocycles. The number of amides is 1. The average molecular weight is 553 g/mol. The molecule has 5 nitrogen and oxygen atoms in total. The minimum absolute atomic E-state index is 0.240. The van der Waals surface area contributed by atoms with Crippen LogP contribution in [0.1, 0.15) is 38.3 Å². The Kier molecular flexibility index (Phi) is 8.63. The van der Waals surface area contributed by atoms with Crippen molar-refractivity contribution >= 4 is 40.0 Å². The molecule has 1 amide bonds. The minimum atomic E-state index is -0.571. The van der Waals surface area contributed by atoms with Gasteiger partial charge in [0.05, 0.1) is 17.8 Å². The van der Waals surface area contributed by atoms with E-state index in [9.17, 15) is 9.18 Å². The van der Waals surface area contributed by atoms with Gasteiger partial charge in [0.25, 0.3) is 0 Å². The van der Waals surface area contributed by atoms with Crippen molar-refractivity contribution in [2.75, 3.05) is 13.7 Å². The molecule has 0 saturated carbocycles. The van der Waals surface area contributed by atoms with Crippen LogP contribution in [-0.4, -0.2) is 35.1 Å². The van der Waals surface area contributed by atoms with Gasteiger partial charge in [0.2, 0.25) is 0 Å². The predicted octanol–water partition coefficient (Wildman–Crippen LogP) is 7.87. The molecule has 3 aromatic carbocycles. The molecule has 0 aliphatic heterocycles. The summed E-state index contributed by atoms with van der Waals surface area (Å²) >= 11 is 3.34. The monoisotopic (exact) mass is 552 g/mol. The second-order valence-corrected chi connectivity index (χ2v) is 12.9. The summed E-state index contributed by atoms with van der Waals surface area (Å²) in [5.74, 6) is 1.34. The molecule has 38 heavy (non-hydrogen) atoms. The van der Waals surface area contributed by atoms with Gasteiger partial charge in [-0.25, -0.2) is 14.2 Å². The lowest BCUT2D eigenvalue weighted by Gasteiger charge is -2.29. The van der Waals surface area contributed by atoms with Crippen molar-refractivity contribution in [2.24, 2.45) is 0 Å². The van der Waals surface area contributed by atoms with E-state index in [-0.39, 0.29) is 10.6 Å². The highest BCUT2D eigenvalue weighted by Crippen LogP contribution is 2.36. The lowest BCUT2D eigenvalue weighted by atomic mass is 10.0. The molecular weight excluding hydrogens is 519 g/mol. The Bertz CT molecular complexity index is 1400. The van der Waals surface area contributed by atoms with E-state index in [4.69, 9.17) is 14.5 Å². The van der Waals surface area contributed by atoms with Gasteiger partial charge in [0.1, 0.15) is 17.2 Å². The molecule has 0 aliphatic carbocycles. The van der Waals surface area contributed by atoms with Crippen LogP contribution in [0.3, 0.4) is 0 Å². The van der Waals surface area contributed by atoms with Crippen molar-refractivity contribution in [1.82, 2.24) is 10.3 Å². The Morgan fingerprint density at radius 2 is 1.74 bits per heavy atom. The third-order valence-electron chi connectivity index (χ3n) is 5.98. The van der Waals surface area contributed by atoms with Crippen LogP contribution in [0.4, 0.5) is 9.18 Å². The van der Waals surface area contributed by atoms with Gasteiger partial charge in [0, 0.05) is 39.8 Å². The standard InChI is InChI=1S/C30H33FN2O3S2/c1-29(2,3)36-28(34)32-19-30(4,38-17-20-10-12-21(35-5)13-11-20)16-27-33-26(18-37-27)24-14-15-25(31)23-9-7-6-8-22(23)24/h6-15,18H,16-17,19H2,1-5H3,(H,32,34). The lowest BCUT2D eigenvalue weighted by molar-refractivity contribution is 0.0523. The second-order valence-electron chi connectivity index (χ2n) is 10.4. The van der Waals surface area contributed by atoms with Crippen molar-refractivity contribution < 1.29 is 18.7 Å². The van der Waals surface area contributed by atoms with Crippen molar-refractivity contribution in [3.05, 3.63) is 82.4 Å². The van der Waals surface area contributed by atoms with Crippen LogP contribution < -0.4 is 10.1 Å². The number of fused-ring (bicyclic) bond motifs is 1. The average Bonchev–Trinajstić information content (AvgIpc) is 3.34. The Hall–Kier alpha value is -3.10. The maximum Gasteiger partial charge on any atom is 0.407 e. The van der Waals surface area contributed by atoms with Gasteiger partial charge in [-0.15, -0.1) is 23.1 Å². The first-order chi connectivity index (χ1) is 18.0. The number of nitrogens with zero attached hydrogens (tertiary/aromatic N) is 1. The molecule has 1 heterocycles. The summed E-state index contributed by atoms with van der Waals surface area (Å²) in [7, 11) is 1.65. The number of thiazole rings is 1. The largest absolute Gasteiger partial charge is 0.497 e. The van der Waals surface area contributed by atoms with Crippen LogP contribution in [0.25, 0.3) is 22.0 Å². The predicted molar refractivity (Wildman–Crippen MR) is 156 cm³/mol. The number of carbonyl (C=O) groups is 1. The number of aromatic nitrogens is 1. The van der Waals surface area contributed by atoms with E-state index in [0.29, 0.717) is 18.4 Å². The van der Waals surface area contributed by atoms with E-state index in [1.807, 2.05) is 56.5 Å². The Morgan fingerprint density at radius 1 is 1.03 bits per heavy atom. The van der Waals surface area contributed by atoms with Crippen molar-refractivity contribution in [3.63, 3.8) is 0 Å². The normalized spacial score (nSPS) is 13.2. The molecule has 4 aromatic rings. The number of nitrogens with one attached hydrogen (secondary N) is 1. The van der Waals surface area contributed by atoms with Crippen LogP contribution in [0, 0.1) is 5.82 Å². The highest BCUT2D eigenvalue weighted by Gasteiger charge is 2.29. The van der Waals surface area contributed by atoms with Crippen molar-refractivity contribution in [3.8, 4) is 17.0 Å². The van der Waals surface area contributed by atoms with Crippen LogP contribution in [0.5, 0.6) is 5.75 Å². The molecule has 8 heteroatoms. The smallest absolute Gasteiger partial charge is 0.407 e. The van der Waals surface area contributed by atoms with Crippen LogP contribution in [-0.2, 0) is 16.9 Å². The maximum absolute atomic E-state index is 14.4. The van der Waals surface area contributed by atoms with E-state index >= 15 is 0 Å². The highest BCUT2D eigenvalue weighted by atomic mass is 32.2. The number of hydrogen-bond donors (Lipinski definition) is 1. The van der Waals surface area contributed by atoms with E-state index in [1.54, 1.807) is 42.3 Å². The topological polar surface area (TPSA) is 60.5 Å². The fourth-order valence-electron chi connectivity index (χ4n) is 4.04. The first kappa shape index (κ1) is 27.9. The number of halogens is 1. The Labute approximate surface area is 231 Å². The third-order valence-corrected chi connectivity index (χ3v) is 8.29. The summed E-state index contributed by atoms with van der Waals surface area (Å²) in [6, 6.07) is 18.7. The number of thioether (sulfide) groups is 1. The van der Waals surface area contributed by atoms with Gasteiger partial charge >= 0.3 is 6.09 Å². The summed E-state index contributed by atoms with van der Waals surface area (Å²) < 4.78 is 24.7. The van der Waals surface area contributed by atoms with E-state index in [0.717, 1.165) is 38.7 Å². The number of carbonyl (C=O) groups excluding carboxylic acids is 1. The van der Waals surface area contributed by atoms with Gasteiger partial charge < -0.3 is 14.8 Å². The number of hydrogen-bond acceptors (Lipinski definition) is 6. The number of ether oxygens (including phenoxy) is 2. The molecule has 4 rings (SSSR count). The summed E-state index contributed by atoms with van der Waals surface area (Å²) in [5.41, 5.74) is 2.32. The Balaban J connectivity index is 1.54. The number of rotatable bonds is 9. The van der Waals surface area contributed by atoms with E-state index in [2.05, 4.69) is 24.4 Å². The Morgan fingerprint density at radius 3 is 2.42 bits per heavy atom. The zero-order chi connectivity index (χ0) is 27.3. The van der Waals surface area contributed by atoms with Gasteiger partial charge in [-0.05, 0) is 62.9 Å². The summed E-state index contributed by atoms with van der Waals surface area (Å²) in [6.45, 7) is 8.09. The van der Waals surface area contributed by atoms with Gasteiger partial charge in [-0.3, -0.25) is 0 Å². The molecule has 1 aromatic heterocycles. The zero-order valence-electron chi connectivity index (χ0n) is 22.3. The molecule has 0 spiro atoms. The molecule has 1 atom stereocenters. The van der Waals surface area contributed by atoms with Crippen LogP contribution in [0.2, 0.25) is 0 Å². The van der Waals surface area contributed by atoms with Gasteiger partial charge in [-0.1, -0.05) is 36.4 Å². The molecule has 0 aliphatic rings. The fraction of sp³-hybridized carbons (Fsp3) is 0.333. The number of methoxy groups -OCH3 is 1. The molecule has 0 fully saturated rings. The second kappa shape index (κ2) is 11.7. The van der Waals surface area contributed by atoms with Crippen molar-refractivity contribution in [2.45, 2.75) is 50.2 Å². The number of benzene rings is 3. The SMILES string of the molecule is COc1ccc(CSC(C)(CNC(=O)OC(C)(C)C)Cc2nc(-c3ccc(F)c4ccccc34)cs2)cc1. The first-order valence-corrected chi connectivity index (χ1v) is 14.3. The molecular formula is C30H33FN2O3S2. The first-order valence-electron chi connectivity index (χ1n) is 12.4. The lowest BCUT2D eigenvalue weighted by Crippen LogP contribution is -2.42.